The number of anilines is 2. The van der Waals surface area contributed by atoms with Crippen LogP contribution in [0.5, 0.6) is 0 Å². The predicted molar refractivity (Wildman–Crippen MR) is 85.9 cm³/mol. The largest absolute Gasteiger partial charge is 0.356 e. The first-order valence-electron chi connectivity index (χ1n) is 7.17. The lowest BCUT2D eigenvalue weighted by Crippen LogP contribution is -2.30. The molecule has 0 fully saturated rings. The minimum atomic E-state index is 0.698. The van der Waals surface area contributed by atoms with Crippen LogP contribution in [0.25, 0.3) is 0 Å². The van der Waals surface area contributed by atoms with E-state index in [0.717, 1.165) is 29.9 Å². The number of rotatable bonds is 8. The quantitative estimate of drug-likeness (QED) is 0.784. The van der Waals surface area contributed by atoms with Crippen molar-refractivity contribution in [3.8, 4) is 0 Å². The summed E-state index contributed by atoms with van der Waals surface area (Å²) in [4.78, 5) is 11.2. The Hall–Kier alpha value is -0.840. The van der Waals surface area contributed by atoms with Crippen molar-refractivity contribution in [3.05, 3.63) is 10.7 Å². The van der Waals surface area contributed by atoms with Crippen molar-refractivity contribution >= 4 is 27.7 Å². The summed E-state index contributed by atoms with van der Waals surface area (Å²) in [5.74, 6) is 2.40. The number of halogens is 1. The van der Waals surface area contributed by atoms with E-state index in [-0.39, 0.29) is 0 Å². The fourth-order valence-electron chi connectivity index (χ4n) is 2.05. The molecule has 0 radical (unpaired) electrons. The molecule has 0 bridgehead atoms. The molecule has 1 rings (SSSR count). The van der Waals surface area contributed by atoms with E-state index in [4.69, 9.17) is 0 Å². The molecule has 1 aromatic heterocycles. The Morgan fingerprint density at radius 1 is 1.26 bits per heavy atom. The van der Waals surface area contributed by atoms with Crippen LogP contribution in [0.4, 0.5) is 11.8 Å². The molecule has 5 heteroatoms. The minimum Gasteiger partial charge on any atom is -0.356 e. The third-order valence-corrected chi connectivity index (χ3v) is 3.93. The lowest BCUT2D eigenvalue weighted by Gasteiger charge is -2.27. The van der Waals surface area contributed by atoms with Gasteiger partial charge in [0.25, 0.3) is 0 Å². The number of hydrogen-bond acceptors (Lipinski definition) is 4. The first-order chi connectivity index (χ1) is 9.15. The van der Waals surface area contributed by atoms with Gasteiger partial charge < -0.3 is 10.2 Å². The lowest BCUT2D eigenvalue weighted by molar-refractivity contribution is 0.484. The highest BCUT2D eigenvalue weighted by Gasteiger charge is 2.15. The van der Waals surface area contributed by atoms with Crippen molar-refractivity contribution in [1.29, 1.82) is 0 Å². The van der Waals surface area contributed by atoms with E-state index >= 15 is 0 Å². The Morgan fingerprint density at radius 3 is 2.47 bits per heavy atom. The van der Waals surface area contributed by atoms with Gasteiger partial charge in [0.2, 0.25) is 5.95 Å². The van der Waals surface area contributed by atoms with Gasteiger partial charge in [0.15, 0.2) is 0 Å². The first kappa shape index (κ1) is 16.2. The minimum absolute atomic E-state index is 0.698. The van der Waals surface area contributed by atoms with E-state index in [0.29, 0.717) is 11.9 Å². The SMILES string of the molecule is CCNc1ncc(Br)c(N(CC)CC(CC)CC)n1. The second-order valence-corrected chi connectivity index (χ2v) is 5.47. The molecule has 0 saturated heterocycles. The van der Waals surface area contributed by atoms with Crippen LogP contribution in [-0.4, -0.2) is 29.6 Å². The van der Waals surface area contributed by atoms with E-state index in [1.54, 1.807) is 0 Å². The summed E-state index contributed by atoms with van der Waals surface area (Å²) < 4.78 is 0.960. The molecular formula is C14H25BrN4. The van der Waals surface area contributed by atoms with Crippen LogP contribution in [0.1, 0.15) is 40.5 Å². The molecule has 1 aromatic rings. The van der Waals surface area contributed by atoms with Gasteiger partial charge in [-0.15, -0.1) is 0 Å². The molecule has 0 atom stereocenters. The highest BCUT2D eigenvalue weighted by atomic mass is 79.9. The maximum absolute atomic E-state index is 4.61. The van der Waals surface area contributed by atoms with Crippen molar-refractivity contribution in [3.63, 3.8) is 0 Å². The standard InChI is InChI=1S/C14H25BrN4/c1-5-11(6-2)10-19(8-4)13-12(15)9-17-14(18-13)16-7-3/h9,11H,5-8,10H2,1-4H3,(H,16,17,18). The van der Waals surface area contributed by atoms with E-state index in [1.165, 1.54) is 12.8 Å². The van der Waals surface area contributed by atoms with Gasteiger partial charge in [-0.1, -0.05) is 26.7 Å². The van der Waals surface area contributed by atoms with Gasteiger partial charge in [-0.05, 0) is 35.7 Å². The molecule has 0 amide bonds. The Bertz CT molecular complexity index is 380. The number of hydrogen-bond donors (Lipinski definition) is 1. The number of nitrogens with zero attached hydrogens (tertiary/aromatic N) is 3. The summed E-state index contributed by atoms with van der Waals surface area (Å²) in [5.41, 5.74) is 0. The van der Waals surface area contributed by atoms with Crippen LogP contribution >= 0.6 is 15.9 Å². The van der Waals surface area contributed by atoms with Crippen molar-refractivity contribution in [2.75, 3.05) is 29.9 Å². The van der Waals surface area contributed by atoms with E-state index in [2.05, 4.69) is 56.9 Å². The maximum atomic E-state index is 4.61. The average molecular weight is 329 g/mol. The molecule has 108 valence electrons. The Kier molecular flexibility index (Phi) is 7.13. The monoisotopic (exact) mass is 328 g/mol. The van der Waals surface area contributed by atoms with Crippen molar-refractivity contribution in [1.82, 2.24) is 9.97 Å². The molecule has 1 heterocycles. The summed E-state index contributed by atoms with van der Waals surface area (Å²) >= 11 is 3.56. The molecule has 0 saturated carbocycles. The molecule has 0 aliphatic carbocycles. The average Bonchev–Trinajstić information content (AvgIpc) is 2.43. The second-order valence-electron chi connectivity index (χ2n) is 4.62. The number of aromatic nitrogens is 2. The van der Waals surface area contributed by atoms with Gasteiger partial charge in [-0.2, -0.15) is 4.98 Å². The highest BCUT2D eigenvalue weighted by Crippen LogP contribution is 2.25. The molecule has 0 aliphatic heterocycles. The van der Waals surface area contributed by atoms with Crippen LogP contribution in [-0.2, 0) is 0 Å². The molecular weight excluding hydrogens is 304 g/mol. The van der Waals surface area contributed by atoms with E-state index < -0.39 is 0 Å². The molecule has 0 aliphatic rings. The maximum Gasteiger partial charge on any atom is 0.224 e. The van der Waals surface area contributed by atoms with E-state index in [9.17, 15) is 0 Å². The fraction of sp³-hybridized carbons (Fsp3) is 0.714. The predicted octanol–water partition coefficient (Wildman–Crippen LogP) is 3.93. The zero-order chi connectivity index (χ0) is 14.3. The topological polar surface area (TPSA) is 41.1 Å². The van der Waals surface area contributed by atoms with Crippen LogP contribution in [0.15, 0.2) is 10.7 Å². The smallest absolute Gasteiger partial charge is 0.224 e. The normalized spacial score (nSPS) is 10.8. The van der Waals surface area contributed by atoms with Crippen LogP contribution in [0.2, 0.25) is 0 Å². The molecule has 0 aromatic carbocycles. The van der Waals surface area contributed by atoms with Crippen molar-refractivity contribution in [2.24, 2.45) is 5.92 Å². The molecule has 0 unspecified atom stereocenters. The van der Waals surface area contributed by atoms with E-state index in [1.807, 2.05) is 13.1 Å². The summed E-state index contributed by atoms with van der Waals surface area (Å²) in [7, 11) is 0. The molecule has 0 spiro atoms. The summed E-state index contributed by atoms with van der Waals surface area (Å²) in [6.07, 6.45) is 4.24. The Morgan fingerprint density at radius 2 is 1.95 bits per heavy atom. The highest BCUT2D eigenvalue weighted by molar-refractivity contribution is 9.10. The molecule has 4 nitrogen and oxygen atoms in total. The zero-order valence-electron chi connectivity index (χ0n) is 12.4. The van der Waals surface area contributed by atoms with Gasteiger partial charge in [0.1, 0.15) is 5.82 Å². The molecule has 19 heavy (non-hydrogen) atoms. The van der Waals surface area contributed by atoms with Gasteiger partial charge >= 0.3 is 0 Å². The number of nitrogens with one attached hydrogen (secondary N) is 1. The Balaban J connectivity index is 2.92. The van der Waals surface area contributed by atoms with Crippen LogP contribution in [0.3, 0.4) is 0 Å². The van der Waals surface area contributed by atoms with Gasteiger partial charge in [-0.3, -0.25) is 0 Å². The van der Waals surface area contributed by atoms with Gasteiger partial charge in [0, 0.05) is 25.8 Å². The van der Waals surface area contributed by atoms with Gasteiger partial charge in [-0.25, -0.2) is 4.98 Å². The second kappa shape index (κ2) is 8.35. The first-order valence-corrected chi connectivity index (χ1v) is 7.96. The van der Waals surface area contributed by atoms with Crippen LogP contribution in [0, 0.1) is 5.92 Å². The third-order valence-electron chi connectivity index (χ3n) is 3.38. The lowest BCUT2D eigenvalue weighted by atomic mass is 10.0. The molecule has 1 N–H and O–H groups in total. The van der Waals surface area contributed by atoms with Crippen molar-refractivity contribution in [2.45, 2.75) is 40.5 Å². The summed E-state index contributed by atoms with van der Waals surface area (Å²) in [6.45, 7) is 11.6. The Labute approximate surface area is 125 Å². The summed E-state index contributed by atoms with van der Waals surface area (Å²) in [6, 6.07) is 0. The zero-order valence-corrected chi connectivity index (χ0v) is 14.0. The summed E-state index contributed by atoms with van der Waals surface area (Å²) in [5, 5.41) is 3.17. The fourth-order valence-corrected chi connectivity index (χ4v) is 2.49. The third kappa shape index (κ3) is 4.64. The van der Waals surface area contributed by atoms with Crippen molar-refractivity contribution < 1.29 is 0 Å². The van der Waals surface area contributed by atoms with Gasteiger partial charge in [0.05, 0.1) is 4.47 Å². The van der Waals surface area contributed by atoms with Crippen LogP contribution < -0.4 is 10.2 Å².